The summed E-state index contributed by atoms with van der Waals surface area (Å²) in [4.78, 5) is 3.87. The molecule has 4 heteroatoms. The molecule has 0 aliphatic heterocycles. The van der Waals surface area contributed by atoms with Crippen LogP contribution >= 0.6 is 22.9 Å². The fraction of sp³-hybridized carbons (Fsp3) is 0.250. The summed E-state index contributed by atoms with van der Waals surface area (Å²) >= 11 is 2.04. The van der Waals surface area contributed by atoms with Gasteiger partial charge in [0.15, 0.2) is 0 Å². The van der Waals surface area contributed by atoms with Crippen LogP contribution in [0.15, 0.2) is 16.9 Å². The van der Waals surface area contributed by atoms with E-state index < -0.39 is 0 Å². The lowest BCUT2D eigenvalue weighted by molar-refractivity contribution is 0.494. The highest BCUT2D eigenvalue weighted by Crippen LogP contribution is 1.92. The standard InChI is InChI=1S/C4H5IN2O/c5-7-3-4-6-1-2-8-4/h1-2,7H,3H2. The fourth-order valence-corrected chi connectivity index (χ4v) is 0.724. The first kappa shape index (κ1) is 6.03. The molecule has 0 radical (unpaired) electrons. The molecule has 1 N–H and O–H groups in total. The van der Waals surface area contributed by atoms with Gasteiger partial charge in [-0.2, -0.15) is 0 Å². The van der Waals surface area contributed by atoms with Gasteiger partial charge in [0.25, 0.3) is 0 Å². The molecule has 0 bridgehead atoms. The first-order chi connectivity index (χ1) is 3.93. The zero-order valence-electron chi connectivity index (χ0n) is 4.10. The van der Waals surface area contributed by atoms with E-state index in [1.807, 2.05) is 22.9 Å². The molecule has 8 heavy (non-hydrogen) atoms. The predicted molar refractivity (Wildman–Crippen MR) is 37.4 cm³/mol. The van der Waals surface area contributed by atoms with E-state index in [0.717, 1.165) is 5.89 Å². The molecule has 0 aliphatic carbocycles. The number of hydrogen-bond donors (Lipinski definition) is 1. The number of hydrogen-bond acceptors (Lipinski definition) is 3. The van der Waals surface area contributed by atoms with Crippen molar-refractivity contribution >= 4 is 22.9 Å². The third-order valence-corrected chi connectivity index (χ3v) is 1.08. The number of halogens is 1. The molecule has 1 aromatic heterocycles. The van der Waals surface area contributed by atoms with Crippen LogP contribution in [0.2, 0.25) is 0 Å². The van der Waals surface area contributed by atoms with Crippen LogP contribution in [-0.4, -0.2) is 4.98 Å². The van der Waals surface area contributed by atoms with Crippen molar-refractivity contribution in [1.29, 1.82) is 0 Å². The molecular formula is C4H5IN2O. The van der Waals surface area contributed by atoms with Crippen molar-refractivity contribution in [2.75, 3.05) is 0 Å². The highest BCUT2D eigenvalue weighted by Gasteiger charge is 1.90. The van der Waals surface area contributed by atoms with Gasteiger partial charge in [0.1, 0.15) is 6.26 Å². The summed E-state index contributed by atoms with van der Waals surface area (Å²) < 4.78 is 7.78. The second-order valence-electron chi connectivity index (χ2n) is 1.24. The minimum atomic E-state index is 0.688. The monoisotopic (exact) mass is 224 g/mol. The number of oxazole rings is 1. The molecule has 0 saturated carbocycles. The Balaban J connectivity index is 2.50. The molecule has 1 aromatic rings. The number of nitrogens with one attached hydrogen (secondary N) is 1. The Morgan fingerprint density at radius 1 is 1.88 bits per heavy atom. The Bertz CT molecular complexity index is 140. The molecule has 0 saturated heterocycles. The van der Waals surface area contributed by atoms with Gasteiger partial charge in [0.2, 0.25) is 5.89 Å². The van der Waals surface area contributed by atoms with Gasteiger partial charge in [-0.1, -0.05) is 0 Å². The van der Waals surface area contributed by atoms with Gasteiger partial charge in [0, 0.05) is 22.9 Å². The first-order valence-electron chi connectivity index (χ1n) is 2.15. The number of aromatic nitrogens is 1. The second-order valence-corrected chi connectivity index (χ2v) is 2.00. The molecular weight excluding hydrogens is 219 g/mol. The van der Waals surface area contributed by atoms with Crippen LogP contribution in [0, 0.1) is 0 Å². The van der Waals surface area contributed by atoms with Crippen molar-refractivity contribution in [2.45, 2.75) is 6.54 Å². The van der Waals surface area contributed by atoms with Gasteiger partial charge in [-0.3, -0.25) is 3.53 Å². The molecule has 0 aliphatic rings. The smallest absolute Gasteiger partial charge is 0.208 e. The Morgan fingerprint density at radius 2 is 2.75 bits per heavy atom. The third kappa shape index (κ3) is 1.45. The van der Waals surface area contributed by atoms with Crippen molar-refractivity contribution in [3.05, 3.63) is 18.4 Å². The summed E-state index contributed by atoms with van der Waals surface area (Å²) in [6.45, 7) is 0.688. The highest BCUT2D eigenvalue weighted by molar-refractivity contribution is 14.1. The zero-order valence-corrected chi connectivity index (χ0v) is 6.25. The predicted octanol–water partition coefficient (Wildman–Crippen LogP) is 1.11. The Hall–Kier alpha value is -0.100. The molecule has 0 amide bonds. The van der Waals surface area contributed by atoms with Gasteiger partial charge >= 0.3 is 0 Å². The van der Waals surface area contributed by atoms with Crippen LogP contribution in [-0.2, 0) is 6.54 Å². The van der Waals surface area contributed by atoms with E-state index >= 15 is 0 Å². The normalized spacial score (nSPS) is 9.62. The molecule has 1 rings (SSSR count). The summed E-state index contributed by atoms with van der Waals surface area (Å²) in [6.07, 6.45) is 3.19. The SMILES string of the molecule is INCc1ncco1. The molecule has 0 unspecified atom stereocenters. The Morgan fingerprint density at radius 3 is 3.25 bits per heavy atom. The summed E-state index contributed by atoms with van der Waals surface area (Å²) in [5.74, 6) is 0.722. The van der Waals surface area contributed by atoms with E-state index in [0.29, 0.717) is 6.54 Å². The maximum Gasteiger partial charge on any atom is 0.208 e. The van der Waals surface area contributed by atoms with Crippen molar-refractivity contribution in [2.24, 2.45) is 0 Å². The lowest BCUT2D eigenvalue weighted by atomic mass is 10.7. The van der Waals surface area contributed by atoms with Crippen molar-refractivity contribution in [1.82, 2.24) is 8.51 Å². The zero-order chi connectivity index (χ0) is 5.82. The van der Waals surface area contributed by atoms with Gasteiger partial charge < -0.3 is 4.42 Å². The van der Waals surface area contributed by atoms with Gasteiger partial charge in [-0.05, 0) is 0 Å². The maximum atomic E-state index is 4.90. The van der Waals surface area contributed by atoms with E-state index in [1.54, 1.807) is 12.5 Å². The average Bonchev–Trinajstić information content (AvgIpc) is 2.19. The molecule has 0 fully saturated rings. The van der Waals surface area contributed by atoms with Crippen LogP contribution < -0.4 is 3.53 Å². The van der Waals surface area contributed by atoms with Crippen LogP contribution in [0.1, 0.15) is 5.89 Å². The Labute approximate surface area is 61.0 Å². The second kappa shape index (κ2) is 3.03. The molecule has 44 valence electrons. The number of nitrogens with zero attached hydrogens (tertiary/aromatic N) is 1. The summed E-state index contributed by atoms with van der Waals surface area (Å²) in [5.41, 5.74) is 0. The van der Waals surface area contributed by atoms with Gasteiger partial charge in [-0.25, -0.2) is 4.98 Å². The quantitative estimate of drug-likeness (QED) is 0.604. The Kier molecular flexibility index (Phi) is 2.28. The molecule has 3 nitrogen and oxygen atoms in total. The lowest BCUT2D eigenvalue weighted by Crippen LogP contribution is -1.96. The fourth-order valence-electron chi connectivity index (χ4n) is 0.397. The van der Waals surface area contributed by atoms with E-state index in [1.165, 1.54) is 0 Å². The topological polar surface area (TPSA) is 38.1 Å². The van der Waals surface area contributed by atoms with Gasteiger partial charge in [0.05, 0.1) is 12.7 Å². The molecule has 1 heterocycles. The largest absolute Gasteiger partial charge is 0.448 e. The highest BCUT2D eigenvalue weighted by atomic mass is 127. The maximum absolute atomic E-state index is 4.90. The lowest BCUT2D eigenvalue weighted by Gasteiger charge is -1.85. The molecule has 0 spiro atoms. The molecule has 0 atom stereocenters. The van der Waals surface area contributed by atoms with Crippen LogP contribution in [0.5, 0.6) is 0 Å². The van der Waals surface area contributed by atoms with Crippen molar-refractivity contribution in [3.63, 3.8) is 0 Å². The summed E-state index contributed by atoms with van der Waals surface area (Å²) in [6, 6.07) is 0. The van der Waals surface area contributed by atoms with Gasteiger partial charge in [-0.15, -0.1) is 0 Å². The summed E-state index contributed by atoms with van der Waals surface area (Å²) in [5, 5.41) is 0. The third-order valence-electron chi connectivity index (χ3n) is 0.702. The summed E-state index contributed by atoms with van der Waals surface area (Å²) in [7, 11) is 0. The van der Waals surface area contributed by atoms with Crippen molar-refractivity contribution in [3.8, 4) is 0 Å². The van der Waals surface area contributed by atoms with Crippen molar-refractivity contribution < 1.29 is 4.42 Å². The van der Waals surface area contributed by atoms with Crippen LogP contribution in [0.3, 0.4) is 0 Å². The van der Waals surface area contributed by atoms with E-state index in [2.05, 4.69) is 8.51 Å². The number of rotatable bonds is 2. The van der Waals surface area contributed by atoms with E-state index in [4.69, 9.17) is 4.42 Å². The minimum absolute atomic E-state index is 0.688. The first-order valence-corrected chi connectivity index (χ1v) is 3.23. The van der Waals surface area contributed by atoms with Crippen LogP contribution in [0.4, 0.5) is 0 Å². The van der Waals surface area contributed by atoms with E-state index in [9.17, 15) is 0 Å². The minimum Gasteiger partial charge on any atom is -0.448 e. The molecule has 0 aromatic carbocycles. The average molecular weight is 224 g/mol. The van der Waals surface area contributed by atoms with E-state index in [-0.39, 0.29) is 0 Å². The van der Waals surface area contributed by atoms with Crippen LogP contribution in [0.25, 0.3) is 0 Å².